The first-order valence-electron chi connectivity index (χ1n) is 9.41. The first kappa shape index (κ1) is 21.3. The number of benzene rings is 2. The summed E-state index contributed by atoms with van der Waals surface area (Å²) < 4.78 is 16.6. The fourth-order valence-electron chi connectivity index (χ4n) is 4.00. The number of carbonyl (C=O) groups excluding carboxylic acids is 2. The Morgan fingerprint density at radius 2 is 1.87 bits per heavy atom. The van der Waals surface area contributed by atoms with Gasteiger partial charge in [0.25, 0.3) is 0 Å². The van der Waals surface area contributed by atoms with E-state index in [0.717, 1.165) is 0 Å². The molecule has 9 heteroatoms. The number of methoxy groups -OCH3 is 2. The van der Waals surface area contributed by atoms with E-state index < -0.39 is 23.1 Å². The zero-order chi connectivity index (χ0) is 22.5. The SMILES string of the molecule is COc1cc(OC)c2c(c1Cl)O[C@@]1(C(=O)C=C(Nc3cc(Cl)ccc3O)C[C@H]1C)C2=O. The standard InChI is InChI=1S/C22H19Cl2NO6/c1-10-6-12(25-13-7-11(23)4-5-14(13)26)8-17(27)22(10)21(28)18-15(29-2)9-16(30-3)19(24)20(18)31-22/h4-5,7-10,25-26H,6H2,1-3H3/t10-,22+/m1/s1. The molecule has 0 bridgehead atoms. The smallest absolute Gasteiger partial charge is 0.236 e. The lowest BCUT2D eigenvalue weighted by molar-refractivity contribution is -0.129. The third-order valence-electron chi connectivity index (χ3n) is 5.56. The van der Waals surface area contributed by atoms with Crippen LogP contribution in [0.15, 0.2) is 36.0 Å². The van der Waals surface area contributed by atoms with Crippen molar-refractivity contribution in [2.24, 2.45) is 5.92 Å². The molecule has 2 aliphatic rings. The van der Waals surface area contributed by atoms with Crippen LogP contribution in [0.2, 0.25) is 10.0 Å². The van der Waals surface area contributed by atoms with Gasteiger partial charge in [-0.2, -0.15) is 0 Å². The van der Waals surface area contributed by atoms with Gasteiger partial charge in [-0.15, -0.1) is 0 Å². The summed E-state index contributed by atoms with van der Waals surface area (Å²) in [6.45, 7) is 1.74. The van der Waals surface area contributed by atoms with E-state index in [1.165, 1.54) is 32.4 Å². The molecule has 0 saturated heterocycles. The van der Waals surface area contributed by atoms with Crippen LogP contribution < -0.4 is 19.5 Å². The minimum atomic E-state index is -1.76. The van der Waals surface area contributed by atoms with Gasteiger partial charge in [0.05, 0.1) is 19.9 Å². The minimum absolute atomic E-state index is 0.0186. The zero-order valence-corrected chi connectivity index (χ0v) is 18.4. The maximum atomic E-state index is 13.5. The van der Waals surface area contributed by atoms with Gasteiger partial charge in [-0.3, -0.25) is 9.59 Å². The van der Waals surface area contributed by atoms with E-state index in [1.54, 1.807) is 19.1 Å². The van der Waals surface area contributed by atoms with Gasteiger partial charge in [-0.1, -0.05) is 30.1 Å². The molecule has 1 heterocycles. The molecule has 2 aromatic carbocycles. The molecule has 7 nitrogen and oxygen atoms in total. The zero-order valence-electron chi connectivity index (χ0n) is 16.9. The molecule has 0 amide bonds. The molecule has 31 heavy (non-hydrogen) atoms. The number of ether oxygens (including phenoxy) is 3. The molecule has 2 N–H and O–H groups in total. The van der Waals surface area contributed by atoms with Crippen molar-refractivity contribution < 1.29 is 28.9 Å². The number of phenolic OH excluding ortho intramolecular Hbond substituents is 1. The molecule has 2 aromatic rings. The quantitative estimate of drug-likeness (QED) is 0.503. The number of ketones is 2. The number of halogens is 2. The van der Waals surface area contributed by atoms with Crippen molar-refractivity contribution in [3.63, 3.8) is 0 Å². The van der Waals surface area contributed by atoms with Crippen molar-refractivity contribution in [3.05, 3.63) is 51.6 Å². The highest BCUT2D eigenvalue weighted by Gasteiger charge is 2.60. The number of hydrogen-bond donors (Lipinski definition) is 2. The Balaban J connectivity index is 1.74. The van der Waals surface area contributed by atoms with E-state index in [-0.39, 0.29) is 33.6 Å². The number of phenols is 1. The number of carbonyl (C=O) groups is 2. The fraction of sp³-hybridized carbons (Fsp3) is 0.273. The molecule has 2 atom stereocenters. The van der Waals surface area contributed by atoms with Crippen molar-refractivity contribution in [2.45, 2.75) is 18.9 Å². The molecule has 1 aliphatic carbocycles. The number of allylic oxidation sites excluding steroid dienone is 1. The summed E-state index contributed by atoms with van der Waals surface area (Å²) in [5.74, 6) is -1.05. The lowest BCUT2D eigenvalue weighted by Crippen LogP contribution is -2.55. The van der Waals surface area contributed by atoms with Gasteiger partial charge in [0, 0.05) is 28.8 Å². The molecular formula is C22H19Cl2NO6. The maximum absolute atomic E-state index is 13.5. The first-order valence-corrected chi connectivity index (χ1v) is 10.2. The van der Waals surface area contributed by atoms with Crippen molar-refractivity contribution in [3.8, 4) is 23.0 Å². The molecule has 1 spiro atoms. The Kier molecular flexibility index (Phi) is 5.27. The number of fused-ring (bicyclic) bond motifs is 1. The van der Waals surface area contributed by atoms with Crippen LogP contribution in [-0.2, 0) is 4.79 Å². The summed E-state index contributed by atoms with van der Waals surface area (Å²) in [5.41, 5.74) is -0.770. The molecule has 162 valence electrons. The third-order valence-corrected chi connectivity index (χ3v) is 6.16. The largest absolute Gasteiger partial charge is 0.506 e. The highest BCUT2D eigenvalue weighted by Crippen LogP contribution is 2.53. The number of aromatic hydroxyl groups is 1. The van der Waals surface area contributed by atoms with E-state index in [9.17, 15) is 14.7 Å². The van der Waals surface area contributed by atoms with Gasteiger partial charge in [0.15, 0.2) is 5.75 Å². The molecule has 0 fully saturated rings. The normalized spacial score (nSPS) is 22.1. The van der Waals surface area contributed by atoms with Gasteiger partial charge in [-0.05, 0) is 24.6 Å². The average molecular weight is 464 g/mol. The summed E-state index contributed by atoms with van der Waals surface area (Å²) >= 11 is 12.4. The third kappa shape index (κ3) is 3.20. The summed E-state index contributed by atoms with van der Waals surface area (Å²) in [4.78, 5) is 26.7. The van der Waals surface area contributed by atoms with Gasteiger partial charge < -0.3 is 24.6 Å². The van der Waals surface area contributed by atoms with Crippen molar-refractivity contribution >= 4 is 40.5 Å². The van der Waals surface area contributed by atoms with Crippen LogP contribution >= 0.6 is 23.2 Å². The Labute approximate surface area is 188 Å². The Morgan fingerprint density at radius 3 is 2.52 bits per heavy atom. The molecule has 1 aliphatic heterocycles. The number of nitrogens with one attached hydrogen (secondary N) is 1. The number of anilines is 1. The van der Waals surface area contributed by atoms with Crippen LogP contribution in [0.4, 0.5) is 5.69 Å². The second-order valence-corrected chi connectivity index (χ2v) is 8.21. The highest BCUT2D eigenvalue weighted by molar-refractivity contribution is 6.36. The first-order chi connectivity index (χ1) is 14.7. The lowest BCUT2D eigenvalue weighted by Gasteiger charge is -2.35. The van der Waals surface area contributed by atoms with Crippen LogP contribution in [0.1, 0.15) is 23.7 Å². The number of hydrogen-bond acceptors (Lipinski definition) is 7. The van der Waals surface area contributed by atoms with Gasteiger partial charge in [0.2, 0.25) is 17.2 Å². The van der Waals surface area contributed by atoms with Gasteiger partial charge >= 0.3 is 0 Å². The predicted octanol–water partition coefficient (Wildman–Crippen LogP) is 4.64. The second-order valence-electron chi connectivity index (χ2n) is 7.39. The minimum Gasteiger partial charge on any atom is -0.506 e. The van der Waals surface area contributed by atoms with E-state index in [2.05, 4.69) is 5.32 Å². The van der Waals surface area contributed by atoms with E-state index in [0.29, 0.717) is 22.8 Å². The summed E-state index contributed by atoms with van der Waals surface area (Å²) in [6.07, 6.45) is 1.61. The van der Waals surface area contributed by atoms with E-state index in [1.807, 2.05) is 0 Å². The van der Waals surface area contributed by atoms with Crippen LogP contribution in [-0.4, -0.2) is 36.5 Å². The van der Waals surface area contributed by atoms with Gasteiger partial charge in [0.1, 0.15) is 27.8 Å². The topological polar surface area (TPSA) is 94.1 Å². The van der Waals surface area contributed by atoms with Crippen LogP contribution in [0, 0.1) is 5.92 Å². The number of Topliss-reactive ketones (excluding diaryl/α,β-unsaturated/α-hetero) is 1. The van der Waals surface area contributed by atoms with Crippen molar-refractivity contribution in [2.75, 3.05) is 19.5 Å². The molecule has 0 saturated carbocycles. The summed E-state index contributed by atoms with van der Waals surface area (Å²) in [6, 6.07) is 6.03. The molecule has 0 aromatic heterocycles. The average Bonchev–Trinajstić information content (AvgIpc) is 3.05. The predicted molar refractivity (Wildman–Crippen MR) is 116 cm³/mol. The monoisotopic (exact) mass is 463 g/mol. The summed E-state index contributed by atoms with van der Waals surface area (Å²) in [5, 5.41) is 13.6. The lowest BCUT2D eigenvalue weighted by atomic mass is 9.74. The molecule has 0 radical (unpaired) electrons. The Morgan fingerprint density at radius 1 is 1.16 bits per heavy atom. The second kappa shape index (κ2) is 7.66. The van der Waals surface area contributed by atoms with Crippen LogP contribution in [0.5, 0.6) is 23.0 Å². The number of rotatable bonds is 4. The van der Waals surface area contributed by atoms with Crippen LogP contribution in [0.25, 0.3) is 0 Å². The molecular weight excluding hydrogens is 445 g/mol. The van der Waals surface area contributed by atoms with E-state index >= 15 is 0 Å². The van der Waals surface area contributed by atoms with Gasteiger partial charge in [-0.25, -0.2) is 0 Å². The van der Waals surface area contributed by atoms with Crippen molar-refractivity contribution in [1.29, 1.82) is 0 Å². The Hall–Kier alpha value is -2.90. The van der Waals surface area contributed by atoms with Crippen LogP contribution in [0.3, 0.4) is 0 Å². The summed E-state index contributed by atoms with van der Waals surface area (Å²) in [7, 11) is 2.84. The van der Waals surface area contributed by atoms with E-state index in [4.69, 9.17) is 37.4 Å². The van der Waals surface area contributed by atoms with Crippen molar-refractivity contribution in [1.82, 2.24) is 0 Å². The fourth-order valence-corrected chi connectivity index (χ4v) is 4.43. The highest BCUT2D eigenvalue weighted by atomic mass is 35.5. The molecule has 4 rings (SSSR count). The molecule has 0 unspecified atom stereocenters. The Bertz CT molecular complexity index is 1150. The maximum Gasteiger partial charge on any atom is 0.236 e.